The number of carboxylic acid groups (broad SMARTS) is 2. The SMILES string of the molecule is O=C(O)c1ccc(Cl)cc1SSc1ccc(Cl)cc1C(=O)O. The largest absolute Gasteiger partial charge is 0.478 e. The van der Waals surface area contributed by atoms with Gasteiger partial charge in [0.1, 0.15) is 0 Å². The second-order valence-corrected chi connectivity index (χ2v) is 7.14. The summed E-state index contributed by atoms with van der Waals surface area (Å²) in [5.74, 6) is -2.18. The van der Waals surface area contributed by atoms with Gasteiger partial charge in [0.25, 0.3) is 0 Å². The molecule has 0 radical (unpaired) electrons. The van der Waals surface area contributed by atoms with Crippen molar-refractivity contribution in [3.63, 3.8) is 0 Å². The topological polar surface area (TPSA) is 74.6 Å². The number of carbonyl (C=O) groups is 2. The van der Waals surface area contributed by atoms with Crippen LogP contribution in [0, 0.1) is 0 Å². The van der Waals surface area contributed by atoms with Crippen LogP contribution in [-0.2, 0) is 0 Å². The normalized spacial score (nSPS) is 10.5. The van der Waals surface area contributed by atoms with Gasteiger partial charge >= 0.3 is 11.9 Å². The van der Waals surface area contributed by atoms with Gasteiger partial charge in [0.2, 0.25) is 0 Å². The van der Waals surface area contributed by atoms with Gasteiger partial charge in [-0.25, -0.2) is 9.59 Å². The molecule has 2 N–H and O–H groups in total. The molecule has 8 heteroatoms. The Kier molecular flexibility index (Phi) is 5.63. The molecule has 0 aliphatic rings. The third-order valence-corrected chi connectivity index (χ3v) is 5.50. The summed E-state index contributed by atoms with van der Waals surface area (Å²) in [5.41, 5.74) is 0.164. The summed E-state index contributed by atoms with van der Waals surface area (Å²) < 4.78 is 0. The van der Waals surface area contributed by atoms with Crippen molar-refractivity contribution in [3.05, 3.63) is 57.6 Å². The molecule has 0 amide bonds. The monoisotopic (exact) mass is 374 g/mol. The molecular formula is C14H8Cl2O4S2. The first-order valence-corrected chi connectivity index (χ1v) is 8.69. The third kappa shape index (κ3) is 4.10. The Morgan fingerprint density at radius 3 is 1.95 bits per heavy atom. The standard InChI is InChI=1S/C14H8Cl2O4S2/c15-7-2-4-11(10(5-7)14(19)20)21-22-12-6-8(16)1-3-9(12)13(17)18/h1-6H,(H,17,18)(H,19,20). The summed E-state index contributed by atoms with van der Waals surface area (Å²) in [7, 11) is 2.26. The maximum atomic E-state index is 11.2. The van der Waals surface area contributed by atoms with E-state index < -0.39 is 11.9 Å². The second-order valence-electron chi connectivity index (χ2n) is 4.06. The van der Waals surface area contributed by atoms with Crippen LogP contribution in [0.1, 0.15) is 20.7 Å². The molecule has 2 aromatic rings. The number of aromatic carboxylic acids is 2. The van der Waals surface area contributed by atoms with Gasteiger partial charge in [-0.15, -0.1) is 0 Å². The third-order valence-electron chi connectivity index (χ3n) is 2.57. The molecule has 114 valence electrons. The van der Waals surface area contributed by atoms with E-state index in [0.29, 0.717) is 19.8 Å². The molecular weight excluding hydrogens is 367 g/mol. The number of hydrogen-bond donors (Lipinski definition) is 2. The molecule has 0 heterocycles. The van der Waals surface area contributed by atoms with Crippen molar-refractivity contribution < 1.29 is 19.8 Å². The van der Waals surface area contributed by atoms with E-state index in [-0.39, 0.29) is 11.1 Å². The van der Waals surface area contributed by atoms with Gasteiger partial charge in [-0.2, -0.15) is 0 Å². The van der Waals surface area contributed by atoms with E-state index >= 15 is 0 Å². The average molecular weight is 375 g/mol. The van der Waals surface area contributed by atoms with Gasteiger partial charge in [-0.05, 0) is 36.4 Å². The fraction of sp³-hybridized carbons (Fsp3) is 0. The summed E-state index contributed by atoms with van der Waals surface area (Å²) >= 11 is 11.7. The highest BCUT2D eigenvalue weighted by Crippen LogP contribution is 2.41. The summed E-state index contributed by atoms with van der Waals surface area (Å²) in [6.07, 6.45) is 0. The molecule has 0 atom stereocenters. The summed E-state index contributed by atoms with van der Waals surface area (Å²) in [5, 5.41) is 19.1. The van der Waals surface area contributed by atoms with Crippen molar-refractivity contribution in [1.82, 2.24) is 0 Å². The first kappa shape index (κ1) is 17.0. The van der Waals surface area contributed by atoms with Crippen molar-refractivity contribution in [2.45, 2.75) is 9.79 Å². The number of benzene rings is 2. The molecule has 2 rings (SSSR count). The molecule has 0 spiro atoms. The van der Waals surface area contributed by atoms with Gasteiger partial charge in [0.15, 0.2) is 0 Å². The molecule has 0 aromatic heterocycles. The molecule has 2 aromatic carbocycles. The number of rotatable bonds is 5. The summed E-state index contributed by atoms with van der Waals surface area (Å²) in [6.45, 7) is 0. The minimum atomic E-state index is -1.10. The highest BCUT2D eigenvalue weighted by atomic mass is 35.5. The minimum absolute atomic E-state index is 0.0592. The molecule has 4 nitrogen and oxygen atoms in total. The van der Waals surface area contributed by atoms with Gasteiger partial charge in [-0.1, -0.05) is 44.8 Å². The highest BCUT2D eigenvalue weighted by Gasteiger charge is 2.15. The zero-order valence-electron chi connectivity index (χ0n) is 10.7. The molecule has 22 heavy (non-hydrogen) atoms. The van der Waals surface area contributed by atoms with Crippen LogP contribution in [0.3, 0.4) is 0 Å². The molecule has 0 aliphatic carbocycles. The van der Waals surface area contributed by atoms with Crippen molar-refractivity contribution in [2.75, 3.05) is 0 Å². The summed E-state index contributed by atoms with van der Waals surface area (Å²) in [4.78, 5) is 23.3. The number of hydrogen-bond acceptors (Lipinski definition) is 4. The van der Waals surface area contributed by atoms with Crippen molar-refractivity contribution in [1.29, 1.82) is 0 Å². The zero-order chi connectivity index (χ0) is 16.3. The van der Waals surface area contributed by atoms with Crippen LogP contribution in [0.2, 0.25) is 10.0 Å². The Morgan fingerprint density at radius 2 is 1.32 bits per heavy atom. The fourth-order valence-corrected chi connectivity index (χ4v) is 4.33. The Labute approximate surface area is 143 Å². The lowest BCUT2D eigenvalue weighted by Crippen LogP contribution is -1.99. The zero-order valence-corrected chi connectivity index (χ0v) is 13.9. The number of carboxylic acids is 2. The molecule has 0 saturated carbocycles. The van der Waals surface area contributed by atoms with E-state index in [1.54, 1.807) is 12.1 Å². The van der Waals surface area contributed by atoms with E-state index in [1.807, 2.05) is 0 Å². The van der Waals surface area contributed by atoms with Crippen LogP contribution >= 0.6 is 44.8 Å². The predicted octanol–water partition coefficient (Wildman–Crippen LogP) is 5.19. The van der Waals surface area contributed by atoms with E-state index in [9.17, 15) is 14.7 Å². The van der Waals surface area contributed by atoms with Crippen molar-refractivity contribution in [2.24, 2.45) is 0 Å². The van der Waals surface area contributed by atoms with E-state index in [4.69, 9.17) is 28.3 Å². The van der Waals surface area contributed by atoms with Crippen LogP contribution in [-0.4, -0.2) is 22.2 Å². The van der Waals surface area contributed by atoms with Crippen LogP contribution in [0.4, 0.5) is 0 Å². The Hall–Kier alpha value is -1.34. The minimum Gasteiger partial charge on any atom is -0.478 e. The van der Waals surface area contributed by atoms with Gasteiger partial charge in [-0.3, -0.25) is 0 Å². The van der Waals surface area contributed by atoms with Gasteiger partial charge < -0.3 is 10.2 Å². The van der Waals surface area contributed by atoms with E-state index in [2.05, 4.69) is 0 Å². The molecule has 0 bridgehead atoms. The predicted molar refractivity (Wildman–Crippen MR) is 88.5 cm³/mol. The lowest BCUT2D eigenvalue weighted by molar-refractivity contribution is 0.0682. The maximum absolute atomic E-state index is 11.2. The smallest absolute Gasteiger partial charge is 0.336 e. The lowest BCUT2D eigenvalue weighted by Gasteiger charge is -2.08. The maximum Gasteiger partial charge on any atom is 0.336 e. The average Bonchev–Trinajstić information content (AvgIpc) is 2.45. The second kappa shape index (κ2) is 7.28. The summed E-state index contributed by atoms with van der Waals surface area (Å²) in [6, 6.07) is 8.93. The lowest BCUT2D eigenvalue weighted by atomic mass is 10.2. The van der Waals surface area contributed by atoms with Crippen molar-refractivity contribution >= 4 is 56.7 Å². The fourth-order valence-electron chi connectivity index (χ4n) is 1.57. The Bertz CT molecular complexity index is 750. The Balaban J connectivity index is 2.29. The molecule has 0 saturated heterocycles. The van der Waals surface area contributed by atoms with Crippen LogP contribution in [0.25, 0.3) is 0 Å². The van der Waals surface area contributed by atoms with E-state index in [1.165, 1.54) is 24.3 Å². The van der Waals surface area contributed by atoms with Crippen molar-refractivity contribution in [3.8, 4) is 0 Å². The first-order valence-electron chi connectivity index (χ1n) is 5.78. The molecule has 0 aliphatic heterocycles. The number of halogens is 2. The van der Waals surface area contributed by atoms with Crippen LogP contribution in [0.15, 0.2) is 46.2 Å². The van der Waals surface area contributed by atoms with Gasteiger partial charge in [0, 0.05) is 19.8 Å². The highest BCUT2D eigenvalue weighted by molar-refractivity contribution is 8.76. The van der Waals surface area contributed by atoms with E-state index in [0.717, 1.165) is 21.6 Å². The molecule has 0 fully saturated rings. The van der Waals surface area contributed by atoms with Crippen LogP contribution in [0.5, 0.6) is 0 Å². The Morgan fingerprint density at radius 1 is 0.773 bits per heavy atom. The first-order chi connectivity index (χ1) is 10.4. The quantitative estimate of drug-likeness (QED) is 0.701. The van der Waals surface area contributed by atoms with Gasteiger partial charge in [0.05, 0.1) is 11.1 Å². The molecule has 0 unspecified atom stereocenters. The van der Waals surface area contributed by atoms with Crippen LogP contribution < -0.4 is 0 Å².